The molecule has 1 amide bonds. The number of carbonyl (C=O) groups excluding carboxylic acids is 1. The van der Waals surface area contributed by atoms with E-state index in [4.69, 9.17) is 14.2 Å². The SMILES string of the molecule is COc1ccc(-c2nccc3ccn(CC(=O)NCC4CCOCC4)c23)cc1OC. The molecule has 0 bridgehead atoms. The first-order chi connectivity index (χ1) is 14.7. The molecule has 4 rings (SSSR count). The van der Waals surface area contributed by atoms with Crippen LogP contribution in [0.3, 0.4) is 0 Å². The van der Waals surface area contributed by atoms with Crippen LogP contribution in [-0.2, 0) is 16.1 Å². The summed E-state index contributed by atoms with van der Waals surface area (Å²) in [5.74, 6) is 1.80. The molecule has 0 aliphatic carbocycles. The molecule has 7 nitrogen and oxygen atoms in total. The average Bonchev–Trinajstić information content (AvgIpc) is 3.20. The van der Waals surface area contributed by atoms with Crippen LogP contribution < -0.4 is 14.8 Å². The maximum atomic E-state index is 12.6. The molecule has 158 valence electrons. The second kappa shape index (κ2) is 9.17. The first kappa shape index (κ1) is 20.2. The number of hydrogen-bond acceptors (Lipinski definition) is 5. The molecule has 0 atom stereocenters. The van der Waals surface area contributed by atoms with E-state index in [1.807, 2.05) is 41.1 Å². The minimum atomic E-state index is 0.00102. The minimum absolute atomic E-state index is 0.00102. The lowest BCUT2D eigenvalue weighted by atomic mass is 10.0. The highest BCUT2D eigenvalue weighted by molar-refractivity contribution is 5.93. The molecule has 1 N–H and O–H groups in total. The van der Waals surface area contributed by atoms with Crippen molar-refractivity contribution in [2.24, 2.45) is 5.92 Å². The monoisotopic (exact) mass is 409 g/mol. The fraction of sp³-hybridized carbons (Fsp3) is 0.391. The third-order valence-electron chi connectivity index (χ3n) is 5.58. The molecule has 0 spiro atoms. The van der Waals surface area contributed by atoms with E-state index in [1.165, 1.54) is 0 Å². The van der Waals surface area contributed by atoms with Crippen molar-refractivity contribution in [2.75, 3.05) is 34.0 Å². The summed E-state index contributed by atoms with van der Waals surface area (Å²) in [5.41, 5.74) is 2.63. The number of amides is 1. The molecule has 0 saturated carbocycles. The molecular formula is C23H27N3O4. The predicted octanol–water partition coefficient (Wildman–Crippen LogP) is 3.26. The largest absolute Gasteiger partial charge is 0.493 e. The van der Waals surface area contributed by atoms with Gasteiger partial charge in [0.05, 0.1) is 25.4 Å². The van der Waals surface area contributed by atoms with E-state index in [-0.39, 0.29) is 12.5 Å². The molecule has 2 aromatic heterocycles. The van der Waals surface area contributed by atoms with Gasteiger partial charge in [-0.15, -0.1) is 0 Å². The van der Waals surface area contributed by atoms with Crippen molar-refractivity contribution in [3.63, 3.8) is 0 Å². The van der Waals surface area contributed by atoms with E-state index in [0.717, 1.165) is 48.2 Å². The molecule has 1 saturated heterocycles. The van der Waals surface area contributed by atoms with Gasteiger partial charge in [-0.05, 0) is 49.1 Å². The van der Waals surface area contributed by atoms with Crippen molar-refractivity contribution in [1.82, 2.24) is 14.9 Å². The zero-order valence-electron chi connectivity index (χ0n) is 17.4. The van der Waals surface area contributed by atoms with Crippen molar-refractivity contribution in [3.8, 4) is 22.8 Å². The van der Waals surface area contributed by atoms with Gasteiger partial charge in [0.25, 0.3) is 0 Å². The van der Waals surface area contributed by atoms with Crippen molar-refractivity contribution in [1.29, 1.82) is 0 Å². The normalized spacial score (nSPS) is 14.6. The molecule has 1 aromatic carbocycles. The van der Waals surface area contributed by atoms with E-state index < -0.39 is 0 Å². The molecule has 3 heterocycles. The Labute approximate surface area is 176 Å². The summed E-state index contributed by atoms with van der Waals surface area (Å²) in [7, 11) is 3.22. The summed E-state index contributed by atoms with van der Waals surface area (Å²) >= 11 is 0. The molecule has 0 unspecified atom stereocenters. The maximum absolute atomic E-state index is 12.6. The van der Waals surface area contributed by atoms with Gasteiger partial charge in [0.1, 0.15) is 6.54 Å². The fourth-order valence-corrected chi connectivity index (χ4v) is 3.90. The highest BCUT2D eigenvalue weighted by atomic mass is 16.5. The number of methoxy groups -OCH3 is 2. The summed E-state index contributed by atoms with van der Waals surface area (Å²) in [5, 5.41) is 4.11. The van der Waals surface area contributed by atoms with Crippen LogP contribution in [0.15, 0.2) is 42.7 Å². The zero-order chi connectivity index (χ0) is 20.9. The van der Waals surface area contributed by atoms with Crippen LogP contribution in [0.4, 0.5) is 0 Å². The Kier molecular flexibility index (Phi) is 6.18. The zero-order valence-corrected chi connectivity index (χ0v) is 17.4. The lowest BCUT2D eigenvalue weighted by Gasteiger charge is -2.22. The van der Waals surface area contributed by atoms with Crippen molar-refractivity contribution in [2.45, 2.75) is 19.4 Å². The second-order valence-corrected chi connectivity index (χ2v) is 7.47. The molecular weight excluding hydrogens is 382 g/mol. The number of rotatable bonds is 7. The summed E-state index contributed by atoms with van der Waals surface area (Å²) in [4.78, 5) is 17.2. The van der Waals surface area contributed by atoms with Gasteiger partial charge in [-0.2, -0.15) is 0 Å². The van der Waals surface area contributed by atoms with Gasteiger partial charge in [-0.3, -0.25) is 9.78 Å². The van der Waals surface area contributed by atoms with Gasteiger partial charge < -0.3 is 24.1 Å². The number of benzene rings is 1. The van der Waals surface area contributed by atoms with Gasteiger partial charge in [-0.1, -0.05) is 0 Å². The number of fused-ring (bicyclic) bond motifs is 1. The van der Waals surface area contributed by atoms with Crippen LogP contribution in [0, 0.1) is 5.92 Å². The number of nitrogens with zero attached hydrogens (tertiary/aromatic N) is 2. The smallest absolute Gasteiger partial charge is 0.239 e. The number of nitrogens with one attached hydrogen (secondary N) is 1. The standard InChI is InChI=1S/C23H27N3O4/c1-28-19-4-3-18(13-20(19)29-2)22-23-17(5-9-24-22)6-10-26(23)15-21(27)25-14-16-7-11-30-12-8-16/h3-6,9-10,13,16H,7-8,11-12,14-15H2,1-2H3,(H,25,27). The number of ether oxygens (including phenoxy) is 3. The molecule has 7 heteroatoms. The molecule has 0 radical (unpaired) electrons. The first-order valence-electron chi connectivity index (χ1n) is 10.2. The molecule has 1 aliphatic rings. The molecule has 3 aromatic rings. The van der Waals surface area contributed by atoms with Gasteiger partial charge in [-0.25, -0.2) is 0 Å². The van der Waals surface area contributed by atoms with Crippen molar-refractivity contribution >= 4 is 16.8 Å². The van der Waals surface area contributed by atoms with Gasteiger partial charge >= 0.3 is 0 Å². The summed E-state index contributed by atoms with van der Waals surface area (Å²) in [6, 6.07) is 9.68. The lowest BCUT2D eigenvalue weighted by Crippen LogP contribution is -2.34. The highest BCUT2D eigenvalue weighted by Gasteiger charge is 2.17. The van der Waals surface area contributed by atoms with Crippen LogP contribution in [0.5, 0.6) is 11.5 Å². The Morgan fingerprint density at radius 2 is 1.97 bits per heavy atom. The molecule has 1 aliphatic heterocycles. The quantitative estimate of drug-likeness (QED) is 0.648. The lowest BCUT2D eigenvalue weighted by molar-refractivity contribution is -0.121. The highest BCUT2D eigenvalue weighted by Crippen LogP contribution is 2.34. The minimum Gasteiger partial charge on any atom is -0.493 e. The van der Waals surface area contributed by atoms with Crippen LogP contribution in [-0.4, -0.2) is 49.4 Å². The van der Waals surface area contributed by atoms with Gasteiger partial charge in [0.15, 0.2) is 11.5 Å². The van der Waals surface area contributed by atoms with E-state index in [9.17, 15) is 4.79 Å². The maximum Gasteiger partial charge on any atom is 0.239 e. The molecule has 1 fully saturated rings. The van der Waals surface area contributed by atoms with Crippen LogP contribution in [0.25, 0.3) is 22.2 Å². The third kappa shape index (κ3) is 4.26. The van der Waals surface area contributed by atoms with E-state index in [2.05, 4.69) is 10.3 Å². The number of hydrogen-bond donors (Lipinski definition) is 1. The Balaban J connectivity index is 1.57. The Morgan fingerprint density at radius 1 is 1.17 bits per heavy atom. The Morgan fingerprint density at radius 3 is 2.73 bits per heavy atom. The molecule has 30 heavy (non-hydrogen) atoms. The van der Waals surface area contributed by atoms with E-state index >= 15 is 0 Å². The number of aromatic nitrogens is 2. The summed E-state index contributed by atoms with van der Waals surface area (Å²) in [6.45, 7) is 2.51. The van der Waals surface area contributed by atoms with E-state index in [1.54, 1.807) is 20.4 Å². The second-order valence-electron chi connectivity index (χ2n) is 7.47. The third-order valence-corrected chi connectivity index (χ3v) is 5.58. The van der Waals surface area contributed by atoms with E-state index in [0.29, 0.717) is 24.0 Å². The van der Waals surface area contributed by atoms with Crippen LogP contribution in [0.2, 0.25) is 0 Å². The number of carbonyl (C=O) groups is 1. The predicted molar refractivity (Wildman–Crippen MR) is 115 cm³/mol. The van der Waals surface area contributed by atoms with Crippen molar-refractivity contribution in [3.05, 3.63) is 42.7 Å². The van der Waals surface area contributed by atoms with Crippen molar-refractivity contribution < 1.29 is 19.0 Å². The van der Waals surface area contributed by atoms with Gasteiger partial charge in [0.2, 0.25) is 5.91 Å². The van der Waals surface area contributed by atoms with Crippen LogP contribution >= 0.6 is 0 Å². The fourth-order valence-electron chi connectivity index (χ4n) is 3.90. The van der Waals surface area contributed by atoms with Crippen LogP contribution in [0.1, 0.15) is 12.8 Å². The van der Waals surface area contributed by atoms with Gasteiger partial charge in [0, 0.05) is 43.1 Å². The summed E-state index contributed by atoms with van der Waals surface area (Å²) < 4.78 is 18.1. The Bertz CT molecular complexity index is 1020. The number of pyridine rings is 1. The first-order valence-corrected chi connectivity index (χ1v) is 10.2. The topological polar surface area (TPSA) is 74.6 Å². The summed E-state index contributed by atoms with van der Waals surface area (Å²) in [6.07, 6.45) is 5.72. The average molecular weight is 409 g/mol. The Hall–Kier alpha value is -3.06.